The Morgan fingerprint density at radius 1 is 1.20 bits per heavy atom. The van der Waals surface area contributed by atoms with E-state index in [9.17, 15) is 14.0 Å². The summed E-state index contributed by atoms with van der Waals surface area (Å²) in [6.45, 7) is 1.98. The second-order valence-corrected chi connectivity index (χ2v) is 6.80. The Kier molecular flexibility index (Phi) is 5.14. The summed E-state index contributed by atoms with van der Waals surface area (Å²) in [4.78, 5) is 28.7. The third-order valence-electron chi connectivity index (χ3n) is 3.54. The Morgan fingerprint density at radius 3 is 2.56 bits per heavy atom. The minimum Gasteiger partial charge on any atom is -0.325 e. The molecule has 1 aliphatic rings. The lowest BCUT2D eigenvalue weighted by Gasteiger charge is -2.22. The van der Waals surface area contributed by atoms with Gasteiger partial charge >= 0.3 is 0 Å². The van der Waals surface area contributed by atoms with E-state index in [-0.39, 0.29) is 24.1 Å². The van der Waals surface area contributed by atoms with Crippen LogP contribution in [-0.2, 0) is 9.59 Å². The van der Waals surface area contributed by atoms with E-state index in [2.05, 4.69) is 15.6 Å². The number of nitrogens with one attached hydrogen (secondary N) is 2. The number of amides is 2. The lowest BCUT2D eigenvalue weighted by Crippen LogP contribution is -2.41. The van der Waals surface area contributed by atoms with Gasteiger partial charge in [-0.15, -0.1) is 0 Å². The normalized spacial score (nSPS) is 18.7. The van der Waals surface area contributed by atoms with Crippen molar-refractivity contribution in [2.24, 2.45) is 4.99 Å². The number of rotatable bonds is 3. The smallest absolute Gasteiger partial charge is 0.238 e. The summed E-state index contributed by atoms with van der Waals surface area (Å²) in [5.74, 6) is -0.955. The van der Waals surface area contributed by atoms with Gasteiger partial charge in [0.2, 0.25) is 11.8 Å². The van der Waals surface area contributed by atoms with Crippen molar-refractivity contribution >= 4 is 40.1 Å². The molecule has 0 unspecified atom stereocenters. The van der Waals surface area contributed by atoms with Gasteiger partial charge in [0, 0.05) is 12.1 Å². The number of aliphatic imine (C=N–C) groups is 1. The molecule has 2 amide bonds. The fraction of sp³-hybridized carbons (Fsp3) is 0.167. The average molecular weight is 357 g/mol. The van der Waals surface area contributed by atoms with Crippen LogP contribution in [0.3, 0.4) is 0 Å². The van der Waals surface area contributed by atoms with Crippen LogP contribution in [0, 0.1) is 12.7 Å². The van der Waals surface area contributed by atoms with Gasteiger partial charge < -0.3 is 10.6 Å². The van der Waals surface area contributed by atoms with Gasteiger partial charge in [0.15, 0.2) is 5.17 Å². The van der Waals surface area contributed by atoms with Crippen LogP contribution in [0.4, 0.5) is 15.8 Å². The first kappa shape index (κ1) is 17.2. The van der Waals surface area contributed by atoms with Crippen molar-refractivity contribution in [1.29, 1.82) is 0 Å². The molecule has 0 bridgehead atoms. The lowest BCUT2D eigenvalue weighted by molar-refractivity contribution is -0.123. The van der Waals surface area contributed by atoms with Crippen LogP contribution in [-0.4, -0.2) is 22.2 Å². The van der Waals surface area contributed by atoms with E-state index >= 15 is 0 Å². The largest absolute Gasteiger partial charge is 0.325 e. The molecular weight excluding hydrogens is 341 g/mol. The first-order chi connectivity index (χ1) is 12.0. The fourth-order valence-corrected chi connectivity index (χ4v) is 3.24. The minimum atomic E-state index is -0.594. The Bertz CT molecular complexity index is 819. The predicted octanol–water partition coefficient (Wildman–Crippen LogP) is 3.38. The summed E-state index contributed by atoms with van der Waals surface area (Å²) >= 11 is 1.20. The maximum atomic E-state index is 12.9. The Labute approximate surface area is 148 Å². The molecule has 1 atom stereocenters. The number of hydrogen-bond acceptors (Lipinski definition) is 4. The minimum absolute atomic E-state index is 0.0601. The number of benzene rings is 2. The number of aryl methyl sites for hydroxylation is 1. The standard InChI is InChI=1S/C18H16FN3O2S/c1-11-2-6-14(7-3-11)21-18-22-16(23)10-15(25-18)17(24)20-13-8-4-12(19)5-9-13/h2-9,15H,10H2,1H3,(H,20,24)(H,21,22,23)/t15-/m0/s1. The van der Waals surface area contributed by atoms with Crippen molar-refractivity contribution in [2.75, 3.05) is 5.32 Å². The number of hydrogen-bond donors (Lipinski definition) is 2. The highest BCUT2D eigenvalue weighted by Crippen LogP contribution is 2.25. The molecule has 1 fully saturated rings. The molecule has 5 nitrogen and oxygen atoms in total. The van der Waals surface area contributed by atoms with Crippen LogP contribution in [0.15, 0.2) is 53.5 Å². The molecule has 0 radical (unpaired) electrons. The van der Waals surface area contributed by atoms with E-state index in [1.165, 1.54) is 36.0 Å². The zero-order valence-corrected chi connectivity index (χ0v) is 14.3. The molecule has 1 heterocycles. The SMILES string of the molecule is Cc1ccc(N=C2NC(=O)C[C@@H](C(=O)Nc3ccc(F)cc3)S2)cc1. The topological polar surface area (TPSA) is 70.6 Å². The second-order valence-electron chi connectivity index (χ2n) is 5.61. The van der Waals surface area contributed by atoms with Crippen LogP contribution in [0.1, 0.15) is 12.0 Å². The van der Waals surface area contributed by atoms with E-state index in [0.717, 1.165) is 5.56 Å². The monoisotopic (exact) mass is 357 g/mol. The Hall–Kier alpha value is -2.67. The second kappa shape index (κ2) is 7.48. The van der Waals surface area contributed by atoms with Crippen molar-refractivity contribution in [3.63, 3.8) is 0 Å². The molecule has 0 aliphatic carbocycles. The number of amidine groups is 1. The third kappa shape index (κ3) is 4.67. The Balaban J connectivity index is 1.71. The Morgan fingerprint density at radius 2 is 1.88 bits per heavy atom. The van der Waals surface area contributed by atoms with E-state index in [1.54, 1.807) is 0 Å². The number of carbonyl (C=O) groups is 2. The van der Waals surface area contributed by atoms with Crippen molar-refractivity contribution in [1.82, 2.24) is 5.32 Å². The lowest BCUT2D eigenvalue weighted by atomic mass is 10.2. The van der Waals surface area contributed by atoms with E-state index in [0.29, 0.717) is 16.5 Å². The number of carbonyl (C=O) groups excluding carboxylic acids is 2. The van der Waals surface area contributed by atoms with E-state index in [4.69, 9.17) is 0 Å². The molecule has 1 saturated heterocycles. The van der Waals surface area contributed by atoms with Gasteiger partial charge in [-0.1, -0.05) is 29.5 Å². The molecule has 7 heteroatoms. The molecule has 0 aromatic heterocycles. The quantitative estimate of drug-likeness (QED) is 0.885. The highest BCUT2D eigenvalue weighted by atomic mass is 32.2. The first-order valence-electron chi connectivity index (χ1n) is 7.68. The number of nitrogens with zero attached hydrogens (tertiary/aromatic N) is 1. The average Bonchev–Trinajstić information content (AvgIpc) is 2.58. The zero-order chi connectivity index (χ0) is 17.8. The third-order valence-corrected chi connectivity index (χ3v) is 4.62. The van der Waals surface area contributed by atoms with Crippen LogP contribution in [0.2, 0.25) is 0 Å². The van der Waals surface area contributed by atoms with Gasteiger partial charge in [0.1, 0.15) is 11.1 Å². The highest BCUT2D eigenvalue weighted by molar-refractivity contribution is 8.15. The van der Waals surface area contributed by atoms with Crippen LogP contribution >= 0.6 is 11.8 Å². The van der Waals surface area contributed by atoms with Crippen molar-refractivity contribution in [3.8, 4) is 0 Å². The zero-order valence-electron chi connectivity index (χ0n) is 13.5. The number of anilines is 1. The summed E-state index contributed by atoms with van der Waals surface area (Å²) in [6.07, 6.45) is 0.0601. The van der Waals surface area contributed by atoms with Crippen molar-refractivity contribution in [2.45, 2.75) is 18.6 Å². The molecule has 128 valence electrons. The molecule has 1 aliphatic heterocycles. The summed E-state index contributed by atoms with van der Waals surface area (Å²) in [5.41, 5.74) is 2.30. The molecule has 2 aromatic rings. The van der Waals surface area contributed by atoms with Crippen LogP contribution < -0.4 is 10.6 Å². The first-order valence-corrected chi connectivity index (χ1v) is 8.56. The van der Waals surface area contributed by atoms with Gasteiger partial charge in [-0.2, -0.15) is 0 Å². The van der Waals surface area contributed by atoms with E-state index in [1.807, 2.05) is 31.2 Å². The molecular formula is C18H16FN3O2S. The summed E-state index contributed by atoms with van der Waals surface area (Å²) in [7, 11) is 0. The maximum absolute atomic E-state index is 12.9. The molecule has 3 rings (SSSR count). The summed E-state index contributed by atoms with van der Waals surface area (Å²) in [5, 5.41) is 5.16. The number of thioether (sulfide) groups is 1. The molecule has 2 aromatic carbocycles. The van der Waals surface area contributed by atoms with Crippen molar-refractivity contribution in [3.05, 3.63) is 59.9 Å². The van der Waals surface area contributed by atoms with Crippen LogP contribution in [0.25, 0.3) is 0 Å². The van der Waals surface area contributed by atoms with Gasteiger partial charge in [-0.3, -0.25) is 9.59 Å². The van der Waals surface area contributed by atoms with Gasteiger partial charge in [0.25, 0.3) is 0 Å². The maximum Gasteiger partial charge on any atom is 0.238 e. The highest BCUT2D eigenvalue weighted by Gasteiger charge is 2.30. The summed E-state index contributed by atoms with van der Waals surface area (Å²) < 4.78 is 12.9. The molecule has 2 N–H and O–H groups in total. The van der Waals surface area contributed by atoms with Crippen molar-refractivity contribution < 1.29 is 14.0 Å². The number of halogens is 1. The van der Waals surface area contributed by atoms with Crippen LogP contribution in [0.5, 0.6) is 0 Å². The molecule has 0 saturated carbocycles. The van der Waals surface area contributed by atoms with Gasteiger partial charge in [-0.25, -0.2) is 9.38 Å². The molecule has 25 heavy (non-hydrogen) atoms. The van der Waals surface area contributed by atoms with E-state index < -0.39 is 5.25 Å². The summed E-state index contributed by atoms with van der Waals surface area (Å²) in [6, 6.07) is 13.0. The van der Waals surface area contributed by atoms with Gasteiger partial charge in [-0.05, 0) is 43.3 Å². The molecule has 0 spiro atoms. The predicted molar refractivity (Wildman–Crippen MR) is 97.4 cm³/mol. The van der Waals surface area contributed by atoms with Gasteiger partial charge in [0.05, 0.1) is 5.69 Å². The fourth-order valence-electron chi connectivity index (χ4n) is 2.24.